The van der Waals surface area contributed by atoms with Crippen LogP contribution in [0.25, 0.3) is 0 Å². The fourth-order valence-corrected chi connectivity index (χ4v) is 5.45. The molecular formula is C21H32N4O2S. The fourth-order valence-electron chi connectivity index (χ4n) is 4.75. The Bertz CT molecular complexity index is 699. The molecule has 0 spiro atoms. The Morgan fingerprint density at radius 1 is 1.11 bits per heavy atom. The summed E-state index contributed by atoms with van der Waals surface area (Å²) in [5, 5.41) is 5.78. The van der Waals surface area contributed by atoms with E-state index in [2.05, 4.69) is 34.4 Å². The lowest BCUT2D eigenvalue weighted by molar-refractivity contribution is -0.135. The van der Waals surface area contributed by atoms with Crippen molar-refractivity contribution in [2.24, 2.45) is 23.7 Å². The lowest BCUT2D eigenvalue weighted by Crippen LogP contribution is -2.42. The number of carbonyl (C=O) groups is 2. The molecule has 0 aromatic carbocycles. The van der Waals surface area contributed by atoms with Crippen molar-refractivity contribution in [1.82, 2.24) is 14.8 Å². The predicted molar refractivity (Wildman–Crippen MR) is 111 cm³/mol. The molecule has 1 aromatic rings. The van der Waals surface area contributed by atoms with Gasteiger partial charge in [-0.15, -0.1) is 11.3 Å². The van der Waals surface area contributed by atoms with Crippen molar-refractivity contribution in [3.8, 4) is 0 Å². The molecule has 2 amide bonds. The minimum Gasteiger partial charge on any atom is -0.342 e. The van der Waals surface area contributed by atoms with Gasteiger partial charge in [-0.25, -0.2) is 4.98 Å². The van der Waals surface area contributed by atoms with Crippen molar-refractivity contribution < 1.29 is 9.59 Å². The number of nitrogens with zero attached hydrogens (tertiary/aromatic N) is 3. The molecule has 154 valence electrons. The third-order valence-corrected chi connectivity index (χ3v) is 7.02. The number of thiazole rings is 1. The van der Waals surface area contributed by atoms with Crippen molar-refractivity contribution in [2.75, 3.05) is 31.5 Å². The quantitative estimate of drug-likeness (QED) is 0.818. The highest BCUT2D eigenvalue weighted by molar-refractivity contribution is 7.13. The van der Waals surface area contributed by atoms with Crippen molar-refractivity contribution >= 4 is 28.3 Å². The second-order valence-electron chi connectivity index (χ2n) is 9.15. The first kappa shape index (κ1) is 19.8. The number of hydrogen-bond donors (Lipinski definition) is 1. The molecule has 1 aromatic heterocycles. The van der Waals surface area contributed by atoms with Gasteiger partial charge in [-0.05, 0) is 43.9 Å². The highest BCUT2D eigenvalue weighted by Gasteiger charge is 2.36. The first-order chi connectivity index (χ1) is 13.5. The topological polar surface area (TPSA) is 65.5 Å². The van der Waals surface area contributed by atoms with Crippen LogP contribution in [0.1, 0.15) is 51.6 Å². The maximum Gasteiger partial charge on any atom is 0.229 e. The monoisotopic (exact) mass is 404 g/mol. The molecule has 28 heavy (non-hydrogen) atoms. The number of rotatable bonds is 5. The van der Waals surface area contributed by atoms with E-state index in [1.807, 2.05) is 4.90 Å². The van der Waals surface area contributed by atoms with Gasteiger partial charge in [-0.2, -0.15) is 0 Å². The van der Waals surface area contributed by atoms with Crippen LogP contribution in [-0.4, -0.2) is 52.8 Å². The third kappa shape index (κ3) is 4.92. The number of aromatic nitrogens is 1. The summed E-state index contributed by atoms with van der Waals surface area (Å²) in [6.45, 7) is 9.17. The zero-order valence-corrected chi connectivity index (χ0v) is 17.8. The molecule has 2 saturated heterocycles. The predicted octanol–water partition coefficient (Wildman–Crippen LogP) is 3.21. The lowest BCUT2D eigenvalue weighted by Gasteiger charge is -2.34. The van der Waals surface area contributed by atoms with Crippen LogP contribution in [0.4, 0.5) is 5.13 Å². The first-order valence-electron chi connectivity index (χ1n) is 10.7. The number of anilines is 1. The minimum absolute atomic E-state index is 0.0144. The van der Waals surface area contributed by atoms with Gasteiger partial charge < -0.3 is 10.2 Å². The number of amides is 2. The van der Waals surface area contributed by atoms with Gasteiger partial charge in [0.25, 0.3) is 0 Å². The van der Waals surface area contributed by atoms with Crippen molar-refractivity contribution in [3.63, 3.8) is 0 Å². The summed E-state index contributed by atoms with van der Waals surface area (Å²) in [7, 11) is 0. The second-order valence-corrected chi connectivity index (χ2v) is 10.0. The van der Waals surface area contributed by atoms with Crippen LogP contribution in [-0.2, 0) is 16.1 Å². The number of likely N-dealkylation sites (tertiary alicyclic amines) is 2. The second kappa shape index (κ2) is 8.49. The zero-order chi connectivity index (χ0) is 19.7. The molecule has 3 heterocycles. The Balaban J connectivity index is 1.24. The molecule has 1 aliphatic carbocycles. The minimum atomic E-state index is -0.0144. The SMILES string of the molecule is C[C@H]1C[C@H](C)CN(Cc2csc(NC(=O)C3CCN(C(=O)C4CC4)CC3)n2)C1. The molecular weight excluding hydrogens is 372 g/mol. The Morgan fingerprint density at radius 2 is 1.79 bits per heavy atom. The van der Waals surface area contributed by atoms with Gasteiger partial charge >= 0.3 is 0 Å². The van der Waals surface area contributed by atoms with Gasteiger partial charge in [0.05, 0.1) is 5.69 Å². The molecule has 2 atom stereocenters. The van der Waals surface area contributed by atoms with E-state index < -0.39 is 0 Å². The molecule has 1 N–H and O–H groups in total. The number of piperidine rings is 2. The number of nitrogens with one attached hydrogen (secondary N) is 1. The molecule has 2 aliphatic heterocycles. The van der Waals surface area contributed by atoms with Crippen LogP contribution >= 0.6 is 11.3 Å². The Labute approximate surface area is 171 Å². The Morgan fingerprint density at radius 3 is 2.43 bits per heavy atom. The Hall–Kier alpha value is -1.47. The van der Waals surface area contributed by atoms with E-state index in [4.69, 9.17) is 0 Å². The van der Waals surface area contributed by atoms with Crippen LogP contribution in [0.2, 0.25) is 0 Å². The van der Waals surface area contributed by atoms with E-state index in [0.717, 1.165) is 62.8 Å². The standard InChI is InChI=1S/C21H32N4O2S/c1-14-9-15(2)11-24(10-14)12-18-13-28-21(22-18)23-19(26)16-5-7-25(8-6-16)20(27)17-3-4-17/h13-17H,3-12H2,1-2H3,(H,22,23,26)/t14-,15-/m0/s1. The summed E-state index contributed by atoms with van der Waals surface area (Å²) < 4.78 is 0. The van der Waals surface area contributed by atoms with E-state index in [-0.39, 0.29) is 17.7 Å². The van der Waals surface area contributed by atoms with Crippen molar-refractivity contribution in [2.45, 2.75) is 52.5 Å². The molecule has 3 fully saturated rings. The molecule has 3 aliphatic rings. The smallest absolute Gasteiger partial charge is 0.229 e. The van der Waals surface area contributed by atoms with Gasteiger partial charge in [0.1, 0.15) is 0 Å². The molecule has 7 heteroatoms. The average Bonchev–Trinajstić information content (AvgIpc) is 3.42. The van der Waals surface area contributed by atoms with Crippen molar-refractivity contribution in [1.29, 1.82) is 0 Å². The van der Waals surface area contributed by atoms with Gasteiger partial charge in [0.2, 0.25) is 11.8 Å². The van der Waals surface area contributed by atoms with Gasteiger partial charge in [-0.3, -0.25) is 14.5 Å². The molecule has 1 saturated carbocycles. The maximum atomic E-state index is 12.6. The largest absolute Gasteiger partial charge is 0.342 e. The Kier molecular flexibility index (Phi) is 6.01. The van der Waals surface area contributed by atoms with E-state index in [9.17, 15) is 9.59 Å². The van der Waals surface area contributed by atoms with Crippen LogP contribution in [0.5, 0.6) is 0 Å². The average molecular weight is 405 g/mol. The summed E-state index contributed by atoms with van der Waals surface area (Å²) in [5.41, 5.74) is 1.05. The van der Waals surface area contributed by atoms with Gasteiger partial charge in [-0.1, -0.05) is 13.8 Å². The van der Waals surface area contributed by atoms with E-state index >= 15 is 0 Å². The van der Waals surface area contributed by atoms with E-state index in [1.54, 1.807) is 0 Å². The summed E-state index contributed by atoms with van der Waals surface area (Å²) in [6, 6.07) is 0. The molecule has 0 bridgehead atoms. The van der Waals surface area contributed by atoms with Crippen LogP contribution in [0.3, 0.4) is 0 Å². The zero-order valence-electron chi connectivity index (χ0n) is 17.0. The number of hydrogen-bond acceptors (Lipinski definition) is 5. The molecule has 0 radical (unpaired) electrons. The fraction of sp³-hybridized carbons (Fsp3) is 0.762. The number of carbonyl (C=O) groups excluding carboxylic acids is 2. The maximum absolute atomic E-state index is 12.6. The van der Waals surface area contributed by atoms with Gasteiger partial charge in [0, 0.05) is 49.9 Å². The highest BCUT2D eigenvalue weighted by Crippen LogP contribution is 2.32. The highest BCUT2D eigenvalue weighted by atomic mass is 32.1. The van der Waals surface area contributed by atoms with Gasteiger partial charge in [0.15, 0.2) is 5.13 Å². The summed E-state index contributed by atoms with van der Waals surface area (Å²) >= 11 is 1.52. The lowest BCUT2D eigenvalue weighted by atomic mass is 9.92. The van der Waals surface area contributed by atoms with Crippen LogP contribution in [0.15, 0.2) is 5.38 Å². The van der Waals surface area contributed by atoms with E-state index in [0.29, 0.717) is 24.1 Å². The summed E-state index contributed by atoms with van der Waals surface area (Å²) in [5.74, 6) is 2.08. The first-order valence-corrected chi connectivity index (χ1v) is 11.6. The van der Waals surface area contributed by atoms with Crippen LogP contribution < -0.4 is 5.32 Å². The summed E-state index contributed by atoms with van der Waals surface area (Å²) in [4.78, 5) is 33.8. The normalized spacial score (nSPS) is 27.0. The molecule has 4 rings (SSSR count). The molecule has 0 unspecified atom stereocenters. The third-order valence-electron chi connectivity index (χ3n) is 6.22. The summed E-state index contributed by atoms with van der Waals surface area (Å²) in [6.07, 6.45) is 4.90. The van der Waals surface area contributed by atoms with E-state index in [1.165, 1.54) is 17.8 Å². The molecule has 6 nitrogen and oxygen atoms in total. The van der Waals surface area contributed by atoms with Crippen molar-refractivity contribution in [3.05, 3.63) is 11.1 Å². The van der Waals surface area contributed by atoms with Crippen LogP contribution in [0, 0.1) is 23.7 Å².